The summed E-state index contributed by atoms with van der Waals surface area (Å²) in [6.07, 6.45) is 1.72. The van der Waals surface area contributed by atoms with E-state index in [1.807, 2.05) is 54.6 Å². The smallest absolute Gasteiger partial charge is 0.203 e. The Morgan fingerprint density at radius 3 is 1.88 bits per heavy atom. The Kier molecular flexibility index (Phi) is 4.05. The molecule has 2 heteroatoms. The Bertz CT molecular complexity index is 1140. The summed E-state index contributed by atoms with van der Waals surface area (Å²) in [6.45, 7) is 0. The molecule has 0 spiro atoms. The predicted octanol–water partition coefficient (Wildman–Crippen LogP) is 5.78. The van der Waals surface area contributed by atoms with Crippen molar-refractivity contribution in [2.45, 2.75) is 0 Å². The maximum atomic E-state index is 12.8. The van der Waals surface area contributed by atoms with Crippen molar-refractivity contribution in [2.24, 2.45) is 0 Å². The van der Waals surface area contributed by atoms with Crippen molar-refractivity contribution >= 4 is 33.4 Å². The molecule has 26 heavy (non-hydrogen) atoms. The average molecular weight is 333 g/mol. The van der Waals surface area contributed by atoms with E-state index in [2.05, 4.69) is 12.1 Å². The molecule has 0 aliphatic rings. The molecular weight excluding hydrogens is 318 g/mol. The van der Waals surface area contributed by atoms with E-state index < -0.39 is 0 Å². The zero-order valence-corrected chi connectivity index (χ0v) is 14.0. The second kappa shape index (κ2) is 6.66. The summed E-state index contributed by atoms with van der Waals surface area (Å²) in [5.41, 5.74) is 1.56. The van der Waals surface area contributed by atoms with E-state index in [1.54, 1.807) is 30.3 Å². The van der Waals surface area contributed by atoms with Gasteiger partial charge in [0.2, 0.25) is 5.78 Å². The average Bonchev–Trinajstić information content (AvgIpc) is 2.71. The summed E-state index contributed by atoms with van der Waals surface area (Å²) < 4.78 is 0. The summed E-state index contributed by atoms with van der Waals surface area (Å²) in [4.78, 5) is 12.8. The Morgan fingerprint density at radius 1 is 0.769 bits per heavy atom. The van der Waals surface area contributed by atoms with Gasteiger partial charge in [0, 0.05) is 5.56 Å². The minimum atomic E-state index is -0.259. The van der Waals surface area contributed by atoms with Gasteiger partial charge >= 0.3 is 0 Å². The molecule has 0 aromatic heterocycles. The number of nitriles is 1. The highest BCUT2D eigenvalue weighted by Gasteiger charge is 2.14. The van der Waals surface area contributed by atoms with Gasteiger partial charge in [-0.1, -0.05) is 78.9 Å². The lowest BCUT2D eigenvalue weighted by molar-refractivity contribution is 0.104. The number of Topliss-reactive ketones (excluding diaryl/α,β-unsaturated/α-hetero) is 1. The van der Waals surface area contributed by atoms with Crippen LogP contribution in [0.4, 0.5) is 0 Å². The fourth-order valence-electron chi connectivity index (χ4n) is 3.24. The van der Waals surface area contributed by atoms with Crippen LogP contribution in [0.15, 0.2) is 90.5 Å². The van der Waals surface area contributed by atoms with E-state index in [0.29, 0.717) is 5.56 Å². The second-order valence-corrected chi connectivity index (χ2v) is 6.10. The van der Waals surface area contributed by atoms with Crippen molar-refractivity contribution in [1.29, 1.82) is 5.26 Å². The van der Waals surface area contributed by atoms with Crippen LogP contribution in [0, 0.1) is 11.3 Å². The zero-order chi connectivity index (χ0) is 17.9. The molecule has 0 bridgehead atoms. The lowest BCUT2D eigenvalue weighted by atomic mass is 9.94. The summed E-state index contributed by atoms with van der Waals surface area (Å²) in [5.74, 6) is -0.259. The first-order valence-electron chi connectivity index (χ1n) is 8.40. The maximum Gasteiger partial charge on any atom is 0.203 e. The number of ketones is 1. The third-order valence-electron chi connectivity index (χ3n) is 4.50. The van der Waals surface area contributed by atoms with Gasteiger partial charge in [0.05, 0.1) is 0 Å². The third-order valence-corrected chi connectivity index (χ3v) is 4.50. The van der Waals surface area contributed by atoms with Gasteiger partial charge in [0.1, 0.15) is 11.6 Å². The minimum absolute atomic E-state index is 0.137. The Morgan fingerprint density at radius 2 is 1.31 bits per heavy atom. The van der Waals surface area contributed by atoms with Crippen LogP contribution in [-0.4, -0.2) is 5.78 Å². The summed E-state index contributed by atoms with van der Waals surface area (Å²) in [5, 5.41) is 13.8. The number of rotatable bonds is 3. The SMILES string of the molecule is N#C/C(=C\c1c2ccccc2cc2ccccc12)C(=O)c1ccccc1. The molecular formula is C24H15NO. The van der Waals surface area contributed by atoms with Crippen LogP contribution in [-0.2, 0) is 0 Å². The zero-order valence-electron chi connectivity index (χ0n) is 14.0. The van der Waals surface area contributed by atoms with Gasteiger partial charge in [-0.15, -0.1) is 0 Å². The molecule has 0 aliphatic heterocycles. The molecule has 0 unspecified atom stereocenters. The number of benzene rings is 4. The number of hydrogen-bond donors (Lipinski definition) is 0. The van der Waals surface area contributed by atoms with Crippen molar-refractivity contribution in [3.63, 3.8) is 0 Å². The Balaban J connectivity index is 1.98. The standard InChI is InChI=1S/C24H15NO/c25-16-20(24(26)17-8-2-1-3-9-17)15-23-21-12-6-4-10-18(21)14-19-11-5-7-13-22(19)23/h1-15H/b20-15+. The molecule has 0 atom stereocenters. The Labute approximate surface area is 151 Å². The monoisotopic (exact) mass is 333 g/mol. The van der Waals surface area contributed by atoms with E-state index >= 15 is 0 Å². The molecule has 0 radical (unpaired) electrons. The van der Waals surface area contributed by atoms with Crippen LogP contribution in [0.5, 0.6) is 0 Å². The summed E-state index contributed by atoms with van der Waals surface area (Å²) in [7, 11) is 0. The molecule has 122 valence electrons. The summed E-state index contributed by atoms with van der Waals surface area (Å²) >= 11 is 0. The first kappa shape index (κ1) is 15.8. The van der Waals surface area contributed by atoms with Crippen molar-refractivity contribution in [3.05, 3.63) is 102 Å². The quantitative estimate of drug-likeness (QED) is 0.206. The van der Waals surface area contributed by atoms with Crippen LogP contribution >= 0.6 is 0 Å². The highest BCUT2D eigenvalue weighted by Crippen LogP contribution is 2.30. The molecule has 2 nitrogen and oxygen atoms in total. The topological polar surface area (TPSA) is 40.9 Å². The molecule has 0 saturated carbocycles. The van der Waals surface area contributed by atoms with Gasteiger partial charge in [-0.05, 0) is 39.3 Å². The van der Waals surface area contributed by atoms with Gasteiger partial charge < -0.3 is 0 Å². The number of allylic oxidation sites excluding steroid dienone is 1. The molecule has 4 rings (SSSR count). The minimum Gasteiger partial charge on any atom is -0.288 e. The fraction of sp³-hybridized carbons (Fsp3) is 0. The third kappa shape index (κ3) is 2.76. The molecule has 0 heterocycles. The maximum absolute atomic E-state index is 12.8. The molecule has 0 amide bonds. The van der Waals surface area contributed by atoms with E-state index in [1.165, 1.54) is 0 Å². The van der Waals surface area contributed by atoms with Crippen LogP contribution in [0.2, 0.25) is 0 Å². The molecule has 4 aromatic rings. The fourth-order valence-corrected chi connectivity index (χ4v) is 3.24. The van der Waals surface area contributed by atoms with Crippen LogP contribution in [0.3, 0.4) is 0 Å². The van der Waals surface area contributed by atoms with Gasteiger partial charge in [0.25, 0.3) is 0 Å². The van der Waals surface area contributed by atoms with Gasteiger partial charge in [-0.2, -0.15) is 5.26 Å². The van der Waals surface area contributed by atoms with Gasteiger partial charge in [0.15, 0.2) is 0 Å². The predicted molar refractivity (Wildman–Crippen MR) is 106 cm³/mol. The van der Waals surface area contributed by atoms with Gasteiger partial charge in [-0.3, -0.25) is 4.79 Å². The number of carbonyl (C=O) groups is 1. The van der Waals surface area contributed by atoms with E-state index in [4.69, 9.17) is 0 Å². The largest absolute Gasteiger partial charge is 0.288 e. The number of hydrogen-bond acceptors (Lipinski definition) is 2. The molecule has 4 aromatic carbocycles. The second-order valence-electron chi connectivity index (χ2n) is 6.10. The van der Waals surface area contributed by atoms with Crippen molar-refractivity contribution in [2.75, 3.05) is 0 Å². The van der Waals surface area contributed by atoms with E-state index in [-0.39, 0.29) is 11.4 Å². The number of fused-ring (bicyclic) bond motifs is 2. The van der Waals surface area contributed by atoms with Gasteiger partial charge in [-0.25, -0.2) is 0 Å². The first-order valence-corrected chi connectivity index (χ1v) is 8.40. The van der Waals surface area contributed by atoms with Crippen LogP contribution < -0.4 is 0 Å². The highest BCUT2D eigenvalue weighted by atomic mass is 16.1. The van der Waals surface area contributed by atoms with Crippen LogP contribution in [0.25, 0.3) is 27.6 Å². The highest BCUT2D eigenvalue weighted by molar-refractivity contribution is 6.17. The first-order chi connectivity index (χ1) is 12.8. The Hall–Kier alpha value is -3.70. The molecule has 0 saturated heterocycles. The molecule has 0 fully saturated rings. The number of nitrogens with zero attached hydrogens (tertiary/aromatic N) is 1. The van der Waals surface area contributed by atoms with Crippen molar-refractivity contribution < 1.29 is 4.79 Å². The van der Waals surface area contributed by atoms with Crippen molar-refractivity contribution in [3.8, 4) is 6.07 Å². The molecule has 0 N–H and O–H groups in total. The summed E-state index contributed by atoms with van der Waals surface area (Å²) in [6, 6.07) is 29.2. The lowest BCUT2D eigenvalue weighted by Gasteiger charge is -2.09. The van der Waals surface area contributed by atoms with E-state index in [0.717, 1.165) is 27.1 Å². The van der Waals surface area contributed by atoms with Crippen LogP contribution in [0.1, 0.15) is 15.9 Å². The van der Waals surface area contributed by atoms with Crippen molar-refractivity contribution in [1.82, 2.24) is 0 Å². The number of carbonyl (C=O) groups excluding carboxylic acids is 1. The van der Waals surface area contributed by atoms with E-state index in [9.17, 15) is 10.1 Å². The lowest BCUT2D eigenvalue weighted by Crippen LogP contribution is -2.01. The normalized spacial score (nSPS) is 11.4. The molecule has 0 aliphatic carbocycles.